The second kappa shape index (κ2) is 6.70. The van der Waals surface area contributed by atoms with Crippen LogP contribution in [-0.2, 0) is 16.6 Å². The van der Waals surface area contributed by atoms with Crippen molar-refractivity contribution in [3.63, 3.8) is 0 Å². The van der Waals surface area contributed by atoms with Crippen LogP contribution < -0.4 is 4.72 Å². The molecule has 0 aliphatic rings. The highest BCUT2D eigenvalue weighted by Crippen LogP contribution is 2.27. The molecular formula is C14H20N4O2S2. The number of hydrogen-bond acceptors (Lipinski definition) is 5. The Hall–Kier alpha value is -1.54. The Morgan fingerprint density at radius 1 is 1.23 bits per heavy atom. The van der Waals surface area contributed by atoms with Crippen molar-refractivity contribution in [2.75, 3.05) is 11.0 Å². The monoisotopic (exact) mass is 340 g/mol. The summed E-state index contributed by atoms with van der Waals surface area (Å²) in [5.41, 5.74) is 1.44. The number of anilines is 1. The number of sulfonamides is 1. The van der Waals surface area contributed by atoms with Gasteiger partial charge in [0.1, 0.15) is 0 Å². The fourth-order valence-corrected chi connectivity index (χ4v) is 3.40. The minimum Gasteiger partial charge on any atom is -0.302 e. The molecule has 0 radical (unpaired) electrons. The molecule has 0 fully saturated rings. The molecule has 0 aliphatic heterocycles. The molecule has 2 rings (SSSR count). The lowest BCUT2D eigenvalue weighted by atomic mass is 10.2. The third-order valence-electron chi connectivity index (χ3n) is 2.82. The van der Waals surface area contributed by atoms with Gasteiger partial charge in [0, 0.05) is 23.0 Å². The van der Waals surface area contributed by atoms with Crippen LogP contribution >= 0.6 is 11.8 Å². The van der Waals surface area contributed by atoms with Gasteiger partial charge in [-0.05, 0) is 31.2 Å². The van der Waals surface area contributed by atoms with E-state index in [-0.39, 0.29) is 0 Å². The smallest absolute Gasteiger partial charge is 0.229 e. The fourth-order valence-electron chi connectivity index (χ4n) is 1.99. The van der Waals surface area contributed by atoms with Crippen molar-refractivity contribution in [3.05, 3.63) is 24.3 Å². The van der Waals surface area contributed by atoms with Crippen LogP contribution in [-0.4, -0.2) is 34.7 Å². The van der Waals surface area contributed by atoms with Crippen molar-refractivity contribution in [3.8, 4) is 11.4 Å². The van der Waals surface area contributed by atoms with Crippen molar-refractivity contribution in [2.45, 2.75) is 37.7 Å². The van der Waals surface area contributed by atoms with E-state index in [0.29, 0.717) is 10.9 Å². The number of benzene rings is 1. The highest BCUT2D eigenvalue weighted by atomic mass is 32.2. The van der Waals surface area contributed by atoms with Crippen LogP contribution in [0.15, 0.2) is 29.4 Å². The maximum absolute atomic E-state index is 11.2. The average Bonchev–Trinajstić information content (AvgIpc) is 2.79. The third kappa shape index (κ3) is 4.23. The van der Waals surface area contributed by atoms with Gasteiger partial charge in [0.25, 0.3) is 0 Å². The molecule has 0 atom stereocenters. The number of thioether (sulfide) groups is 1. The molecule has 0 amide bonds. The third-order valence-corrected chi connectivity index (χ3v) is 4.41. The highest BCUT2D eigenvalue weighted by Gasteiger charge is 2.14. The summed E-state index contributed by atoms with van der Waals surface area (Å²) >= 11 is 1.67. The minimum atomic E-state index is -3.26. The summed E-state index contributed by atoms with van der Waals surface area (Å²) in [5.74, 6) is 0.788. The Morgan fingerprint density at radius 3 is 2.36 bits per heavy atom. The summed E-state index contributed by atoms with van der Waals surface area (Å²) in [4.78, 5) is 0. The van der Waals surface area contributed by atoms with Crippen LogP contribution in [0.25, 0.3) is 11.4 Å². The summed E-state index contributed by atoms with van der Waals surface area (Å²) in [6, 6.07) is 7.13. The number of nitrogens with one attached hydrogen (secondary N) is 1. The van der Waals surface area contributed by atoms with Gasteiger partial charge in [0.15, 0.2) is 11.0 Å². The molecule has 1 aromatic carbocycles. The van der Waals surface area contributed by atoms with Crippen LogP contribution in [0.4, 0.5) is 5.69 Å². The zero-order valence-corrected chi connectivity index (χ0v) is 14.7. The Labute approximate surface area is 135 Å². The Balaban J connectivity index is 2.30. The first-order valence-corrected chi connectivity index (χ1v) is 9.75. The SMILES string of the molecule is CCn1c(SC(C)C)nnc1-c1ccc(NS(C)(=O)=O)cc1. The first-order valence-electron chi connectivity index (χ1n) is 6.98. The standard InChI is InChI=1S/C14H20N4O2S2/c1-5-18-13(15-16-14(18)21-10(2)3)11-6-8-12(9-7-11)17-22(4,19)20/h6-10,17H,5H2,1-4H3. The number of hydrogen-bond donors (Lipinski definition) is 1. The van der Waals surface area contributed by atoms with Crippen LogP contribution in [0.2, 0.25) is 0 Å². The van der Waals surface area contributed by atoms with E-state index in [4.69, 9.17) is 0 Å². The Morgan fingerprint density at radius 2 is 1.86 bits per heavy atom. The van der Waals surface area contributed by atoms with Crippen molar-refractivity contribution in [1.29, 1.82) is 0 Å². The van der Waals surface area contributed by atoms with Crippen LogP contribution in [0, 0.1) is 0 Å². The molecule has 0 unspecified atom stereocenters. The first-order chi connectivity index (χ1) is 10.3. The average molecular weight is 340 g/mol. The molecule has 0 saturated carbocycles. The van der Waals surface area contributed by atoms with E-state index in [0.717, 1.165) is 29.3 Å². The van der Waals surface area contributed by atoms with E-state index in [1.54, 1.807) is 23.9 Å². The van der Waals surface area contributed by atoms with E-state index in [1.807, 2.05) is 12.1 Å². The van der Waals surface area contributed by atoms with E-state index in [9.17, 15) is 8.42 Å². The highest BCUT2D eigenvalue weighted by molar-refractivity contribution is 7.99. The van der Waals surface area contributed by atoms with Gasteiger partial charge in [0.05, 0.1) is 6.26 Å². The summed E-state index contributed by atoms with van der Waals surface area (Å²) < 4.78 is 26.9. The zero-order chi connectivity index (χ0) is 16.3. The molecule has 0 saturated heterocycles. The molecule has 0 spiro atoms. The molecule has 0 aliphatic carbocycles. The molecule has 1 heterocycles. The molecule has 0 bridgehead atoms. The van der Waals surface area contributed by atoms with Crippen molar-refractivity contribution >= 4 is 27.5 Å². The van der Waals surface area contributed by atoms with Gasteiger partial charge in [-0.25, -0.2) is 8.42 Å². The first kappa shape index (κ1) is 16.8. The van der Waals surface area contributed by atoms with Gasteiger partial charge < -0.3 is 4.57 Å². The molecule has 1 aromatic heterocycles. The summed E-state index contributed by atoms with van der Waals surface area (Å²) in [7, 11) is -3.26. The molecule has 6 nitrogen and oxygen atoms in total. The zero-order valence-electron chi connectivity index (χ0n) is 13.1. The van der Waals surface area contributed by atoms with Gasteiger partial charge in [-0.3, -0.25) is 4.72 Å². The van der Waals surface area contributed by atoms with Gasteiger partial charge in [0.2, 0.25) is 10.0 Å². The lowest BCUT2D eigenvalue weighted by Gasteiger charge is -2.09. The van der Waals surface area contributed by atoms with E-state index >= 15 is 0 Å². The summed E-state index contributed by atoms with van der Waals surface area (Å²) in [5, 5.41) is 9.85. The quantitative estimate of drug-likeness (QED) is 0.818. The lowest BCUT2D eigenvalue weighted by Crippen LogP contribution is -2.09. The van der Waals surface area contributed by atoms with Gasteiger partial charge >= 0.3 is 0 Å². The minimum absolute atomic E-state index is 0.434. The van der Waals surface area contributed by atoms with Crippen LogP contribution in [0.5, 0.6) is 0 Å². The van der Waals surface area contributed by atoms with E-state index < -0.39 is 10.0 Å². The molecule has 1 N–H and O–H groups in total. The second-order valence-electron chi connectivity index (χ2n) is 5.17. The van der Waals surface area contributed by atoms with E-state index in [2.05, 4.69) is 40.3 Å². The lowest BCUT2D eigenvalue weighted by molar-refractivity contribution is 0.607. The van der Waals surface area contributed by atoms with E-state index in [1.165, 1.54) is 0 Å². The van der Waals surface area contributed by atoms with Gasteiger partial charge in [-0.15, -0.1) is 10.2 Å². The molecule has 22 heavy (non-hydrogen) atoms. The number of aromatic nitrogens is 3. The predicted molar refractivity (Wildman–Crippen MR) is 90.6 cm³/mol. The Bertz CT molecular complexity index is 737. The largest absolute Gasteiger partial charge is 0.302 e. The van der Waals surface area contributed by atoms with Crippen LogP contribution in [0.1, 0.15) is 20.8 Å². The van der Waals surface area contributed by atoms with Gasteiger partial charge in [-0.2, -0.15) is 0 Å². The summed E-state index contributed by atoms with van der Waals surface area (Å²) in [6.07, 6.45) is 1.13. The fraction of sp³-hybridized carbons (Fsp3) is 0.429. The molecule has 8 heteroatoms. The normalized spacial score (nSPS) is 11.9. The topological polar surface area (TPSA) is 76.9 Å². The van der Waals surface area contributed by atoms with Gasteiger partial charge in [-0.1, -0.05) is 25.6 Å². The van der Waals surface area contributed by atoms with Crippen molar-refractivity contribution in [1.82, 2.24) is 14.8 Å². The summed E-state index contributed by atoms with van der Waals surface area (Å²) in [6.45, 7) is 7.06. The van der Waals surface area contributed by atoms with Crippen LogP contribution in [0.3, 0.4) is 0 Å². The second-order valence-corrected chi connectivity index (χ2v) is 8.46. The van der Waals surface area contributed by atoms with Crippen molar-refractivity contribution < 1.29 is 8.42 Å². The predicted octanol–water partition coefficient (Wildman–Crippen LogP) is 2.84. The number of rotatable bonds is 6. The molecular weight excluding hydrogens is 320 g/mol. The Kier molecular flexibility index (Phi) is 5.12. The van der Waals surface area contributed by atoms with Crippen molar-refractivity contribution in [2.24, 2.45) is 0 Å². The molecule has 120 valence electrons. The maximum Gasteiger partial charge on any atom is 0.229 e. The number of nitrogens with zero attached hydrogens (tertiary/aromatic N) is 3. The maximum atomic E-state index is 11.2. The molecule has 2 aromatic rings.